The average Bonchev–Trinajstić information content (AvgIpc) is 2.97. The van der Waals surface area contributed by atoms with Crippen molar-refractivity contribution < 1.29 is 13.2 Å². The van der Waals surface area contributed by atoms with E-state index in [0.29, 0.717) is 13.1 Å². The van der Waals surface area contributed by atoms with Gasteiger partial charge in [0.2, 0.25) is 5.95 Å². The minimum atomic E-state index is -4.45. The van der Waals surface area contributed by atoms with E-state index in [1.165, 1.54) is 4.88 Å². The third-order valence-corrected chi connectivity index (χ3v) is 3.83. The van der Waals surface area contributed by atoms with Crippen LogP contribution in [0.1, 0.15) is 23.5 Å². The first kappa shape index (κ1) is 15.7. The van der Waals surface area contributed by atoms with Crippen LogP contribution in [-0.4, -0.2) is 23.1 Å². The molecule has 8 heteroatoms. The van der Waals surface area contributed by atoms with Gasteiger partial charge in [-0.15, -0.1) is 11.3 Å². The Morgan fingerprint density at radius 2 is 2.10 bits per heavy atom. The van der Waals surface area contributed by atoms with Crippen molar-refractivity contribution in [2.45, 2.75) is 19.1 Å². The van der Waals surface area contributed by atoms with Gasteiger partial charge in [-0.05, 0) is 24.4 Å². The van der Waals surface area contributed by atoms with Crippen LogP contribution in [0.4, 0.5) is 19.1 Å². The Kier molecular flexibility index (Phi) is 5.13. The summed E-state index contributed by atoms with van der Waals surface area (Å²) in [5, 5.41) is 8.05. The minimum absolute atomic E-state index is 0.0181. The quantitative estimate of drug-likeness (QED) is 0.803. The monoisotopic (exact) mass is 316 g/mol. The first-order chi connectivity index (χ1) is 9.97. The molecule has 2 rings (SSSR count). The van der Waals surface area contributed by atoms with E-state index < -0.39 is 11.9 Å². The van der Waals surface area contributed by atoms with E-state index in [4.69, 9.17) is 0 Å². The first-order valence-electron chi connectivity index (χ1n) is 6.37. The number of nitrogens with one attached hydrogen (secondary N) is 2. The molecule has 0 saturated carbocycles. The summed E-state index contributed by atoms with van der Waals surface area (Å²) in [6.07, 6.45) is -3.36. The fourth-order valence-electron chi connectivity index (χ4n) is 1.70. The van der Waals surface area contributed by atoms with Crippen LogP contribution in [-0.2, 0) is 6.18 Å². The van der Waals surface area contributed by atoms with Crippen molar-refractivity contribution in [2.75, 3.05) is 18.4 Å². The standard InChI is InChI=1S/C13H15F3N4S/c1-9(10-3-2-8-21-10)17-6-7-19-12-18-5-4-11(20-12)13(14,15)16/h2-5,8-9,17H,6-7H2,1H3,(H,18,19,20)/t9-/m0/s1. The van der Waals surface area contributed by atoms with Crippen LogP contribution in [0.2, 0.25) is 0 Å². The summed E-state index contributed by atoms with van der Waals surface area (Å²) in [5.41, 5.74) is -0.945. The summed E-state index contributed by atoms with van der Waals surface area (Å²) >= 11 is 1.66. The van der Waals surface area contributed by atoms with Crippen LogP contribution in [0, 0.1) is 0 Å². The van der Waals surface area contributed by atoms with Gasteiger partial charge in [0.15, 0.2) is 0 Å². The third kappa shape index (κ3) is 4.68. The van der Waals surface area contributed by atoms with E-state index in [1.54, 1.807) is 11.3 Å². The molecule has 0 aliphatic rings. The Labute approximate surface area is 124 Å². The highest BCUT2D eigenvalue weighted by molar-refractivity contribution is 7.10. The Bertz CT molecular complexity index is 557. The highest BCUT2D eigenvalue weighted by atomic mass is 32.1. The van der Waals surface area contributed by atoms with Gasteiger partial charge in [-0.1, -0.05) is 6.07 Å². The molecule has 2 aromatic heterocycles. The molecule has 2 aromatic rings. The molecule has 2 heterocycles. The van der Waals surface area contributed by atoms with E-state index in [9.17, 15) is 13.2 Å². The van der Waals surface area contributed by atoms with E-state index in [-0.39, 0.29) is 12.0 Å². The molecular formula is C13H15F3N4S. The normalized spacial score (nSPS) is 13.1. The summed E-state index contributed by atoms with van der Waals surface area (Å²) in [7, 11) is 0. The maximum absolute atomic E-state index is 12.5. The lowest BCUT2D eigenvalue weighted by molar-refractivity contribution is -0.141. The number of thiophene rings is 1. The summed E-state index contributed by atoms with van der Waals surface area (Å²) < 4.78 is 37.5. The van der Waals surface area contributed by atoms with Crippen molar-refractivity contribution in [2.24, 2.45) is 0 Å². The van der Waals surface area contributed by atoms with Gasteiger partial charge in [-0.25, -0.2) is 9.97 Å². The van der Waals surface area contributed by atoms with Crippen LogP contribution in [0.3, 0.4) is 0 Å². The minimum Gasteiger partial charge on any atom is -0.353 e. The smallest absolute Gasteiger partial charge is 0.353 e. The van der Waals surface area contributed by atoms with E-state index in [0.717, 1.165) is 12.3 Å². The summed E-state index contributed by atoms with van der Waals surface area (Å²) in [4.78, 5) is 8.42. The van der Waals surface area contributed by atoms with Crippen molar-refractivity contribution >= 4 is 17.3 Å². The second kappa shape index (κ2) is 6.86. The van der Waals surface area contributed by atoms with Crippen LogP contribution < -0.4 is 10.6 Å². The largest absolute Gasteiger partial charge is 0.433 e. The maximum Gasteiger partial charge on any atom is 0.433 e. The summed E-state index contributed by atoms with van der Waals surface area (Å²) in [5.74, 6) is -0.0181. The van der Waals surface area contributed by atoms with Gasteiger partial charge >= 0.3 is 6.18 Å². The predicted octanol–water partition coefficient (Wildman–Crippen LogP) is 3.32. The molecule has 2 N–H and O–H groups in total. The van der Waals surface area contributed by atoms with Gasteiger partial charge in [0, 0.05) is 30.2 Å². The zero-order valence-corrected chi connectivity index (χ0v) is 12.1. The van der Waals surface area contributed by atoms with Crippen LogP contribution >= 0.6 is 11.3 Å². The number of hydrogen-bond donors (Lipinski definition) is 2. The second-order valence-corrected chi connectivity index (χ2v) is 5.36. The average molecular weight is 316 g/mol. The van der Waals surface area contributed by atoms with E-state index in [2.05, 4.69) is 20.6 Å². The molecule has 0 saturated heterocycles. The van der Waals surface area contributed by atoms with Crippen molar-refractivity contribution in [3.63, 3.8) is 0 Å². The third-order valence-electron chi connectivity index (χ3n) is 2.77. The van der Waals surface area contributed by atoms with Gasteiger partial charge in [-0.3, -0.25) is 0 Å². The molecule has 0 bridgehead atoms. The molecule has 0 aliphatic carbocycles. The molecule has 0 fully saturated rings. The van der Waals surface area contributed by atoms with Crippen LogP contribution in [0.15, 0.2) is 29.8 Å². The molecule has 1 atom stereocenters. The fourth-order valence-corrected chi connectivity index (χ4v) is 2.46. The Hall–Kier alpha value is -1.67. The molecule has 0 amide bonds. The lowest BCUT2D eigenvalue weighted by Crippen LogP contribution is -2.25. The number of anilines is 1. The Morgan fingerprint density at radius 1 is 1.29 bits per heavy atom. The fraction of sp³-hybridized carbons (Fsp3) is 0.385. The van der Waals surface area contributed by atoms with Gasteiger partial charge < -0.3 is 10.6 Å². The van der Waals surface area contributed by atoms with Crippen LogP contribution in [0.5, 0.6) is 0 Å². The van der Waals surface area contributed by atoms with Crippen molar-refractivity contribution in [3.8, 4) is 0 Å². The zero-order valence-electron chi connectivity index (χ0n) is 11.3. The predicted molar refractivity (Wildman–Crippen MR) is 76.3 cm³/mol. The van der Waals surface area contributed by atoms with E-state index >= 15 is 0 Å². The highest BCUT2D eigenvalue weighted by Crippen LogP contribution is 2.27. The van der Waals surface area contributed by atoms with Gasteiger partial charge in [0.25, 0.3) is 0 Å². The molecule has 0 aromatic carbocycles. The number of hydrogen-bond acceptors (Lipinski definition) is 5. The highest BCUT2D eigenvalue weighted by Gasteiger charge is 2.32. The van der Waals surface area contributed by atoms with E-state index in [1.807, 2.05) is 24.4 Å². The number of alkyl halides is 3. The lowest BCUT2D eigenvalue weighted by atomic mass is 10.3. The number of nitrogens with zero attached hydrogens (tertiary/aromatic N) is 2. The van der Waals surface area contributed by atoms with Gasteiger partial charge in [-0.2, -0.15) is 13.2 Å². The van der Waals surface area contributed by atoms with Gasteiger partial charge in [0.1, 0.15) is 5.69 Å². The molecule has 0 unspecified atom stereocenters. The number of rotatable bonds is 6. The van der Waals surface area contributed by atoms with Crippen molar-refractivity contribution in [3.05, 3.63) is 40.3 Å². The summed E-state index contributed by atoms with van der Waals surface area (Å²) in [6, 6.07) is 5.06. The first-order valence-corrected chi connectivity index (χ1v) is 7.25. The number of aromatic nitrogens is 2. The topological polar surface area (TPSA) is 49.8 Å². The molecule has 4 nitrogen and oxygen atoms in total. The Balaban J connectivity index is 1.79. The lowest BCUT2D eigenvalue weighted by Gasteiger charge is -2.13. The molecule has 0 radical (unpaired) electrons. The van der Waals surface area contributed by atoms with Crippen molar-refractivity contribution in [1.82, 2.24) is 15.3 Å². The maximum atomic E-state index is 12.5. The molecular weight excluding hydrogens is 301 g/mol. The SMILES string of the molecule is C[C@H](NCCNc1nccc(C(F)(F)F)n1)c1cccs1. The molecule has 114 valence electrons. The van der Waals surface area contributed by atoms with Gasteiger partial charge in [0.05, 0.1) is 0 Å². The summed E-state index contributed by atoms with van der Waals surface area (Å²) in [6.45, 7) is 3.07. The van der Waals surface area contributed by atoms with Crippen molar-refractivity contribution in [1.29, 1.82) is 0 Å². The molecule has 0 spiro atoms. The molecule has 21 heavy (non-hydrogen) atoms. The van der Waals surface area contributed by atoms with Crippen LogP contribution in [0.25, 0.3) is 0 Å². The molecule has 0 aliphatic heterocycles. The number of halogens is 3. The second-order valence-electron chi connectivity index (χ2n) is 4.38. The zero-order chi connectivity index (χ0) is 15.3. The Morgan fingerprint density at radius 3 is 2.76 bits per heavy atom.